The van der Waals surface area contributed by atoms with Crippen LogP contribution in [0.15, 0.2) is 48.7 Å². The molecule has 3 aromatic rings. The topological polar surface area (TPSA) is 42.2 Å². The molecule has 0 amide bonds. The fourth-order valence-corrected chi connectivity index (χ4v) is 2.89. The molecule has 0 radical (unpaired) electrons. The lowest BCUT2D eigenvalue weighted by Gasteiger charge is -2.09. The van der Waals surface area contributed by atoms with Gasteiger partial charge in [0.1, 0.15) is 0 Å². The third-order valence-corrected chi connectivity index (χ3v) is 4.42. The molecular weight excluding hydrogens is 321 g/mol. The van der Waals surface area contributed by atoms with Gasteiger partial charge in [-0.2, -0.15) is 0 Å². The molecule has 0 aliphatic rings. The Hall–Kier alpha value is -1.97. The standard InChI is InChI=1S/C17H13Cl2NO2/c18-14-3-1-2-13(17(14)19)10-20-7-6-12-5-4-11(8-15(12)20)9-16(21)22/h1-8H,9-10H2,(H,21,22). The van der Waals surface area contributed by atoms with Gasteiger partial charge in [0.05, 0.1) is 16.5 Å². The molecule has 1 heterocycles. The van der Waals surface area contributed by atoms with Gasteiger partial charge in [-0.3, -0.25) is 4.79 Å². The Morgan fingerprint density at radius 2 is 1.95 bits per heavy atom. The molecule has 0 aliphatic heterocycles. The zero-order chi connectivity index (χ0) is 15.7. The highest BCUT2D eigenvalue weighted by Gasteiger charge is 2.09. The number of rotatable bonds is 4. The second-order valence-electron chi connectivity index (χ2n) is 5.12. The number of halogens is 2. The summed E-state index contributed by atoms with van der Waals surface area (Å²) in [4.78, 5) is 10.9. The van der Waals surface area contributed by atoms with E-state index in [1.807, 2.05) is 47.2 Å². The SMILES string of the molecule is O=C(O)Cc1ccc2ccn(Cc3cccc(Cl)c3Cl)c2c1. The largest absolute Gasteiger partial charge is 0.481 e. The van der Waals surface area contributed by atoms with E-state index in [0.717, 1.165) is 22.0 Å². The second-order valence-corrected chi connectivity index (χ2v) is 5.91. The summed E-state index contributed by atoms with van der Waals surface area (Å²) in [6.45, 7) is 0.583. The number of hydrogen-bond acceptors (Lipinski definition) is 1. The van der Waals surface area contributed by atoms with Gasteiger partial charge in [0.2, 0.25) is 0 Å². The lowest BCUT2D eigenvalue weighted by atomic mass is 10.1. The Labute approximate surface area is 137 Å². The van der Waals surface area contributed by atoms with E-state index in [-0.39, 0.29) is 6.42 Å². The molecular formula is C17H13Cl2NO2. The predicted molar refractivity (Wildman–Crippen MR) is 88.8 cm³/mol. The van der Waals surface area contributed by atoms with E-state index in [9.17, 15) is 4.79 Å². The maximum absolute atomic E-state index is 10.9. The molecule has 0 saturated carbocycles. The maximum atomic E-state index is 10.9. The number of benzene rings is 2. The third-order valence-electron chi connectivity index (χ3n) is 3.57. The van der Waals surface area contributed by atoms with Crippen molar-refractivity contribution in [3.05, 3.63) is 69.8 Å². The van der Waals surface area contributed by atoms with E-state index in [0.29, 0.717) is 16.6 Å². The molecule has 0 atom stereocenters. The number of carboxylic acids is 1. The highest BCUT2D eigenvalue weighted by molar-refractivity contribution is 6.42. The van der Waals surface area contributed by atoms with Crippen LogP contribution in [-0.4, -0.2) is 15.6 Å². The summed E-state index contributed by atoms with van der Waals surface area (Å²) < 4.78 is 2.04. The number of carbonyl (C=O) groups is 1. The van der Waals surface area contributed by atoms with E-state index < -0.39 is 5.97 Å². The molecule has 5 heteroatoms. The summed E-state index contributed by atoms with van der Waals surface area (Å²) in [6, 6.07) is 13.2. The van der Waals surface area contributed by atoms with Crippen LogP contribution >= 0.6 is 23.2 Å². The first-order chi connectivity index (χ1) is 10.5. The van der Waals surface area contributed by atoms with Crippen LogP contribution in [0.25, 0.3) is 10.9 Å². The summed E-state index contributed by atoms with van der Waals surface area (Å²) in [5.41, 5.74) is 2.68. The molecule has 0 saturated heterocycles. The van der Waals surface area contributed by atoms with Crippen molar-refractivity contribution in [3.8, 4) is 0 Å². The molecule has 3 rings (SSSR count). The van der Waals surface area contributed by atoms with Gasteiger partial charge in [0, 0.05) is 18.3 Å². The van der Waals surface area contributed by atoms with Crippen LogP contribution in [0.4, 0.5) is 0 Å². The van der Waals surface area contributed by atoms with E-state index in [2.05, 4.69) is 0 Å². The normalized spacial score (nSPS) is 11.0. The molecule has 0 bridgehead atoms. The summed E-state index contributed by atoms with van der Waals surface area (Å²) in [5, 5.41) is 11.1. The molecule has 1 aromatic heterocycles. The van der Waals surface area contributed by atoms with E-state index in [1.54, 1.807) is 6.07 Å². The number of aromatic nitrogens is 1. The average Bonchev–Trinajstić information content (AvgIpc) is 2.86. The Morgan fingerprint density at radius 3 is 2.73 bits per heavy atom. The molecule has 0 spiro atoms. The first-order valence-corrected chi connectivity index (χ1v) is 7.52. The Morgan fingerprint density at radius 1 is 1.14 bits per heavy atom. The molecule has 2 aromatic carbocycles. The van der Waals surface area contributed by atoms with Gasteiger partial charge in [0.15, 0.2) is 0 Å². The fraction of sp³-hybridized carbons (Fsp3) is 0.118. The molecule has 1 N–H and O–H groups in total. The van der Waals surface area contributed by atoms with Crippen LogP contribution in [0.1, 0.15) is 11.1 Å². The number of carboxylic acid groups (broad SMARTS) is 1. The lowest BCUT2D eigenvalue weighted by molar-refractivity contribution is -0.136. The van der Waals surface area contributed by atoms with Gasteiger partial charge in [-0.1, -0.05) is 47.5 Å². The zero-order valence-corrected chi connectivity index (χ0v) is 13.1. The van der Waals surface area contributed by atoms with Crippen molar-refractivity contribution in [1.82, 2.24) is 4.57 Å². The van der Waals surface area contributed by atoms with Crippen LogP contribution in [0, 0.1) is 0 Å². The van der Waals surface area contributed by atoms with Crippen LogP contribution < -0.4 is 0 Å². The van der Waals surface area contributed by atoms with Crippen molar-refractivity contribution in [2.75, 3.05) is 0 Å². The average molecular weight is 334 g/mol. The van der Waals surface area contributed by atoms with Gasteiger partial charge in [-0.25, -0.2) is 0 Å². The predicted octanol–water partition coefficient (Wildman–Crippen LogP) is 4.62. The maximum Gasteiger partial charge on any atom is 0.307 e. The fourth-order valence-electron chi connectivity index (χ4n) is 2.51. The quantitative estimate of drug-likeness (QED) is 0.756. The van der Waals surface area contributed by atoms with Crippen LogP contribution in [0.2, 0.25) is 10.0 Å². The van der Waals surface area contributed by atoms with Crippen molar-refractivity contribution in [2.24, 2.45) is 0 Å². The first kappa shape index (κ1) is 14.9. The van der Waals surface area contributed by atoms with E-state index >= 15 is 0 Å². The van der Waals surface area contributed by atoms with Gasteiger partial charge < -0.3 is 9.67 Å². The third kappa shape index (κ3) is 2.96. The van der Waals surface area contributed by atoms with E-state index in [4.69, 9.17) is 28.3 Å². The Bertz CT molecular complexity index is 855. The zero-order valence-electron chi connectivity index (χ0n) is 11.6. The van der Waals surface area contributed by atoms with Gasteiger partial charge >= 0.3 is 5.97 Å². The van der Waals surface area contributed by atoms with Crippen molar-refractivity contribution in [3.63, 3.8) is 0 Å². The van der Waals surface area contributed by atoms with Gasteiger partial charge in [-0.05, 0) is 34.7 Å². The lowest BCUT2D eigenvalue weighted by Crippen LogP contribution is -2.02. The molecule has 3 nitrogen and oxygen atoms in total. The van der Waals surface area contributed by atoms with Gasteiger partial charge in [-0.15, -0.1) is 0 Å². The van der Waals surface area contributed by atoms with Crippen molar-refractivity contribution in [1.29, 1.82) is 0 Å². The molecule has 0 fully saturated rings. The number of nitrogens with zero attached hydrogens (tertiary/aromatic N) is 1. The Kier molecular flexibility index (Phi) is 4.10. The first-order valence-electron chi connectivity index (χ1n) is 6.77. The number of fused-ring (bicyclic) bond motifs is 1. The van der Waals surface area contributed by atoms with Crippen molar-refractivity contribution >= 4 is 40.1 Å². The highest BCUT2D eigenvalue weighted by Crippen LogP contribution is 2.27. The van der Waals surface area contributed by atoms with E-state index in [1.165, 1.54) is 0 Å². The summed E-state index contributed by atoms with van der Waals surface area (Å²) in [7, 11) is 0. The minimum absolute atomic E-state index is 0.0129. The number of aliphatic carboxylic acids is 1. The van der Waals surface area contributed by atoms with Gasteiger partial charge in [0.25, 0.3) is 0 Å². The molecule has 112 valence electrons. The van der Waals surface area contributed by atoms with Crippen LogP contribution in [-0.2, 0) is 17.8 Å². The summed E-state index contributed by atoms with van der Waals surface area (Å²) in [5.74, 6) is -0.838. The minimum Gasteiger partial charge on any atom is -0.481 e. The monoisotopic (exact) mass is 333 g/mol. The van der Waals surface area contributed by atoms with Crippen LogP contribution in [0.5, 0.6) is 0 Å². The Balaban J connectivity index is 2.00. The summed E-state index contributed by atoms with van der Waals surface area (Å²) >= 11 is 12.3. The van der Waals surface area contributed by atoms with Crippen molar-refractivity contribution in [2.45, 2.75) is 13.0 Å². The minimum atomic E-state index is -0.838. The smallest absolute Gasteiger partial charge is 0.307 e. The molecule has 0 aliphatic carbocycles. The highest BCUT2D eigenvalue weighted by atomic mass is 35.5. The van der Waals surface area contributed by atoms with Crippen LogP contribution in [0.3, 0.4) is 0 Å². The summed E-state index contributed by atoms with van der Waals surface area (Å²) in [6.07, 6.45) is 1.98. The molecule has 22 heavy (non-hydrogen) atoms. The second kappa shape index (κ2) is 6.03. The number of hydrogen-bond donors (Lipinski definition) is 1. The molecule has 0 unspecified atom stereocenters. The van der Waals surface area contributed by atoms with Crippen molar-refractivity contribution < 1.29 is 9.90 Å².